The fraction of sp³-hybridized carbons (Fsp3) is 0.615. The Morgan fingerprint density at radius 1 is 1.30 bits per heavy atom. The maximum Gasteiger partial charge on any atom is 0.407 e. The molecule has 112 valence electrons. The van der Waals surface area contributed by atoms with Gasteiger partial charge in [0.2, 0.25) is 5.91 Å². The minimum atomic E-state index is -0.539. The molecule has 1 aromatic heterocycles. The second-order valence-electron chi connectivity index (χ2n) is 5.39. The topological polar surface area (TPSA) is 80.3 Å². The molecule has 2 amide bonds. The van der Waals surface area contributed by atoms with E-state index in [4.69, 9.17) is 4.74 Å². The molecule has 0 atom stereocenters. The maximum atomic E-state index is 11.7. The number of carbonyl (C=O) groups is 2. The Kier molecular flexibility index (Phi) is 5.50. The van der Waals surface area contributed by atoms with Crippen LogP contribution in [0.1, 0.15) is 37.8 Å². The molecule has 7 heteroatoms. The molecule has 20 heavy (non-hydrogen) atoms. The van der Waals surface area contributed by atoms with Crippen LogP contribution in [0.3, 0.4) is 0 Å². The molecule has 0 saturated carbocycles. The zero-order valence-corrected chi connectivity index (χ0v) is 13.3. The van der Waals surface area contributed by atoms with E-state index in [1.54, 1.807) is 20.8 Å². The third-order valence-corrected chi connectivity index (χ3v) is 3.28. The second-order valence-corrected chi connectivity index (χ2v) is 6.59. The third-order valence-electron chi connectivity index (χ3n) is 2.30. The SMILES string of the molecule is Cc1nc(NC(=O)CCNC(=O)OC(C)(C)C)sc1C. The second kappa shape index (κ2) is 6.69. The summed E-state index contributed by atoms with van der Waals surface area (Å²) in [7, 11) is 0. The van der Waals surface area contributed by atoms with Gasteiger partial charge in [0.1, 0.15) is 5.60 Å². The van der Waals surface area contributed by atoms with E-state index < -0.39 is 11.7 Å². The Morgan fingerprint density at radius 2 is 1.95 bits per heavy atom. The standard InChI is InChI=1S/C13H21N3O3S/c1-8-9(2)20-11(15-8)16-10(17)6-7-14-12(18)19-13(3,4)5/h6-7H2,1-5H3,(H,14,18)(H,15,16,17). The summed E-state index contributed by atoms with van der Waals surface area (Å²) in [6, 6.07) is 0. The van der Waals surface area contributed by atoms with Crippen LogP contribution in [0, 0.1) is 13.8 Å². The number of carbonyl (C=O) groups excluding carboxylic acids is 2. The Hall–Kier alpha value is -1.63. The molecule has 0 saturated heterocycles. The van der Waals surface area contributed by atoms with Crippen LogP contribution in [-0.2, 0) is 9.53 Å². The molecule has 0 aromatic carbocycles. The van der Waals surface area contributed by atoms with Crippen molar-refractivity contribution in [2.75, 3.05) is 11.9 Å². The molecule has 0 unspecified atom stereocenters. The number of rotatable bonds is 4. The number of alkyl carbamates (subject to hydrolysis) is 1. The first-order chi connectivity index (χ1) is 9.17. The first kappa shape index (κ1) is 16.4. The van der Waals surface area contributed by atoms with Crippen molar-refractivity contribution in [2.24, 2.45) is 0 Å². The lowest BCUT2D eigenvalue weighted by Gasteiger charge is -2.19. The van der Waals surface area contributed by atoms with Crippen LogP contribution in [0.2, 0.25) is 0 Å². The van der Waals surface area contributed by atoms with E-state index in [1.165, 1.54) is 11.3 Å². The average Bonchev–Trinajstić information content (AvgIpc) is 2.54. The number of nitrogens with zero attached hydrogens (tertiary/aromatic N) is 1. The zero-order chi connectivity index (χ0) is 15.3. The molecule has 0 bridgehead atoms. The number of ether oxygens (including phenoxy) is 1. The lowest BCUT2D eigenvalue weighted by Crippen LogP contribution is -2.34. The van der Waals surface area contributed by atoms with Gasteiger partial charge in [-0.05, 0) is 34.6 Å². The van der Waals surface area contributed by atoms with Crippen molar-refractivity contribution in [1.82, 2.24) is 10.3 Å². The number of nitrogens with one attached hydrogen (secondary N) is 2. The normalized spacial score (nSPS) is 11.1. The number of hydrogen-bond donors (Lipinski definition) is 2. The zero-order valence-electron chi connectivity index (χ0n) is 12.5. The van der Waals surface area contributed by atoms with Gasteiger partial charge >= 0.3 is 6.09 Å². The van der Waals surface area contributed by atoms with Crippen LogP contribution in [0.25, 0.3) is 0 Å². The minimum absolute atomic E-state index is 0.177. The van der Waals surface area contributed by atoms with Crippen LogP contribution in [-0.4, -0.2) is 29.1 Å². The smallest absolute Gasteiger partial charge is 0.407 e. The molecule has 0 radical (unpaired) electrons. The van der Waals surface area contributed by atoms with E-state index in [-0.39, 0.29) is 18.9 Å². The number of aryl methyl sites for hydroxylation is 2. The highest BCUT2D eigenvalue weighted by molar-refractivity contribution is 7.15. The highest BCUT2D eigenvalue weighted by Gasteiger charge is 2.16. The van der Waals surface area contributed by atoms with Gasteiger partial charge in [-0.25, -0.2) is 9.78 Å². The largest absolute Gasteiger partial charge is 0.444 e. The summed E-state index contributed by atoms with van der Waals surface area (Å²) in [4.78, 5) is 28.3. The van der Waals surface area contributed by atoms with Crippen molar-refractivity contribution in [2.45, 2.75) is 46.6 Å². The number of hydrogen-bond acceptors (Lipinski definition) is 5. The Morgan fingerprint density at radius 3 is 2.45 bits per heavy atom. The average molecular weight is 299 g/mol. The monoisotopic (exact) mass is 299 g/mol. The third kappa shape index (κ3) is 6.01. The van der Waals surface area contributed by atoms with Crippen LogP contribution in [0.4, 0.5) is 9.93 Å². The maximum absolute atomic E-state index is 11.7. The van der Waals surface area contributed by atoms with E-state index in [1.807, 2.05) is 13.8 Å². The van der Waals surface area contributed by atoms with E-state index in [9.17, 15) is 9.59 Å². The summed E-state index contributed by atoms with van der Waals surface area (Å²) in [5.74, 6) is -0.185. The van der Waals surface area contributed by atoms with Gasteiger partial charge in [-0.15, -0.1) is 11.3 Å². The van der Waals surface area contributed by atoms with Crippen molar-refractivity contribution in [3.05, 3.63) is 10.6 Å². The quantitative estimate of drug-likeness (QED) is 0.895. The molecule has 0 aliphatic rings. The molecule has 1 heterocycles. The summed E-state index contributed by atoms with van der Waals surface area (Å²) in [5, 5.41) is 5.82. The Bertz CT molecular complexity index is 472. The first-order valence-corrected chi connectivity index (χ1v) is 7.20. The summed E-state index contributed by atoms with van der Waals surface area (Å²) in [6.07, 6.45) is -0.345. The van der Waals surface area contributed by atoms with Crippen LogP contribution < -0.4 is 10.6 Å². The molecule has 0 fully saturated rings. The van der Waals surface area contributed by atoms with Gasteiger partial charge in [0.05, 0.1) is 5.69 Å². The predicted molar refractivity (Wildman–Crippen MR) is 79.1 cm³/mol. The van der Waals surface area contributed by atoms with Gasteiger partial charge in [-0.3, -0.25) is 4.79 Å². The summed E-state index contributed by atoms with van der Waals surface area (Å²) >= 11 is 1.44. The van der Waals surface area contributed by atoms with E-state index in [2.05, 4.69) is 15.6 Å². The molecular formula is C13H21N3O3S. The Labute approximate surface area is 122 Å². The first-order valence-electron chi connectivity index (χ1n) is 6.38. The van der Waals surface area contributed by atoms with Gasteiger partial charge < -0.3 is 15.4 Å². The van der Waals surface area contributed by atoms with Crippen molar-refractivity contribution < 1.29 is 14.3 Å². The summed E-state index contributed by atoms with van der Waals surface area (Å²) < 4.78 is 5.06. The van der Waals surface area contributed by atoms with Crippen molar-refractivity contribution in [1.29, 1.82) is 0 Å². The van der Waals surface area contributed by atoms with Crippen LogP contribution in [0.15, 0.2) is 0 Å². The molecular weight excluding hydrogens is 278 g/mol. The molecule has 0 aliphatic heterocycles. The predicted octanol–water partition coefficient (Wildman–Crippen LogP) is 2.61. The lowest BCUT2D eigenvalue weighted by molar-refractivity contribution is -0.116. The number of thiazole rings is 1. The highest BCUT2D eigenvalue weighted by Crippen LogP contribution is 2.20. The van der Waals surface area contributed by atoms with Gasteiger partial charge in [-0.2, -0.15) is 0 Å². The molecule has 0 aliphatic carbocycles. The van der Waals surface area contributed by atoms with Gasteiger partial charge in [-0.1, -0.05) is 0 Å². The van der Waals surface area contributed by atoms with Crippen LogP contribution >= 0.6 is 11.3 Å². The summed E-state index contributed by atoms with van der Waals surface area (Å²) in [5.41, 5.74) is 0.375. The summed E-state index contributed by atoms with van der Waals surface area (Å²) in [6.45, 7) is 9.42. The van der Waals surface area contributed by atoms with Crippen molar-refractivity contribution in [3.8, 4) is 0 Å². The fourth-order valence-electron chi connectivity index (χ4n) is 1.30. The molecule has 2 N–H and O–H groups in total. The fourth-order valence-corrected chi connectivity index (χ4v) is 2.13. The number of aromatic nitrogens is 1. The Balaban J connectivity index is 2.28. The molecule has 6 nitrogen and oxygen atoms in total. The molecule has 0 spiro atoms. The number of amides is 2. The molecule has 1 aromatic rings. The van der Waals surface area contributed by atoms with E-state index in [0.717, 1.165) is 10.6 Å². The van der Waals surface area contributed by atoms with E-state index >= 15 is 0 Å². The van der Waals surface area contributed by atoms with Crippen molar-refractivity contribution >= 4 is 28.5 Å². The van der Waals surface area contributed by atoms with Gasteiger partial charge in [0, 0.05) is 17.8 Å². The molecule has 1 rings (SSSR count). The number of anilines is 1. The van der Waals surface area contributed by atoms with Gasteiger partial charge in [0.15, 0.2) is 5.13 Å². The van der Waals surface area contributed by atoms with Gasteiger partial charge in [0.25, 0.3) is 0 Å². The van der Waals surface area contributed by atoms with E-state index in [0.29, 0.717) is 5.13 Å². The minimum Gasteiger partial charge on any atom is -0.444 e. The highest BCUT2D eigenvalue weighted by atomic mass is 32.1. The lowest BCUT2D eigenvalue weighted by atomic mass is 10.2. The van der Waals surface area contributed by atoms with Crippen LogP contribution in [0.5, 0.6) is 0 Å². The van der Waals surface area contributed by atoms with Crippen molar-refractivity contribution in [3.63, 3.8) is 0 Å².